The van der Waals surface area contributed by atoms with Crippen LogP contribution in [0.2, 0.25) is 0 Å². The zero-order valence-electron chi connectivity index (χ0n) is 9.41. The first kappa shape index (κ1) is 30.0. The third-order valence-corrected chi connectivity index (χ3v) is 0.586. The maximum absolute atomic E-state index is 9.83. The number of hydrogen-bond acceptors (Lipinski definition) is 3. The van der Waals surface area contributed by atoms with Crippen molar-refractivity contribution in [1.29, 1.82) is 0 Å². The Balaban J connectivity index is -0.0000000337. The first-order valence-corrected chi connectivity index (χ1v) is 6.00. The molecule has 0 aromatic carbocycles. The summed E-state index contributed by atoms with van der Waals surface area (Å²) in [5.41, 5.74) is 0. The largest absolute Gasteiger partial charge is 0 e. The Morgan fingerprint density at radius 2 is 1.31 bits per heavy atom. The van der Waals surface area contributed by atoms with E-state index in [-0.39, 0.29) is 26.2 Å². The molecule has 1 aliphatic rings. The molecule has 0 saturated heterocycles. The van der Waals surface area contributed by atoms with Crippen LogP contribution in [0.25, 0.3) is 0 Å². The molecule has 0 spiro atoms. The molecule has 1 rings (SSSR count). The van der Waals surface area contributed by atoms with Crippen LogP contribution in [-0.2, 0) is 26.2 Å². The third-order valence-electron chi connectivity index (χ3n) is 0.586. The van der Waals surface area contributed by atoms with Gasteiger partial charge in [-0.2, -0.15) is 6.08 Å². The zero-order valence-corrected chi connectivity index (χ0v) is 14.0. The van der Waals surface area contributed by atoms with Crippen molar-refractivity contribution in [3.05, 3.63) is 24.3 Å². The van der Waals surface area contributed by atoms with Gasteiger partial charge >= 0.3 is 26.2 Å². The van der Waals surface area contributed by atoms with Crippen molar-refractivity contribution in [3.63, 3.8) is 0 Å². The van der Waals surface area contributed by atoms with Crippen LogP contribution in [0.3, 0.4) is 0 Å². The first-order valence-electron chi connectivity index (χ1n) is 3.63. The van der Waals surface area contributed by atoms with E-state index in [2.05, 4.69) is 12.2 Å². The molecule has 0 fully saturated rings. The second kappa shape index (κ2) is 45.0. The van der Waals surface area contributed by atoms with E-state index in [4.69, 9.17) is 15.3 Å². The normalized spacial score (nSPS) is 8.88. The maximum atomic E-state index is 9.83. The summed E-state index contributed by atoms with van der Waals surface area (Å²) in [4.78, 5) is 0. The van der Waals surface area contributed by atoms with E-state index in [9.17, 15) is 10.5 Å². The Morgan fingerprint density at radius 3 is 1.38 bits per heavy atom. The van der Waals surface area contributed by atoms with E-state index in [1.165, 1.54) is 0 Å². The molecule has 16 heavy (non-hydrogen) atoms. The number of rotatable bonds is 0. The molecule has 0 atom stereocenters. The van der Waals surface area contributed by atoms with Crippen LogP contribution in [-0.4, -0.2) is 52.4 Å². The second-order valence-electron chi connectivity index (χ2n) is 1.22. The summed E-state index contributed by atoms with van der Waals surface area (Å²) in [6, 6.07) is 0. The van der Waals surface area contributed by atoms with Crippen molar-refractivity contribution in [2.24, 2.45) is 0 Å². The van der Waals surface area contributed by atoms with Gasteiger partial charge in [-0.1, -0.05) is 0 Å². The van der Waals surface area contributed by atoms with Crippen molar-refractivity contribution in [1.82, 2.24) is 0 Å². The van der Waals surface area contributed by atoms with Crippen LogP contribution in [0.4, 0.5) is 10.5 Å². The summed E-state index contributed by atoms with van der Waals surface area (Å²) in [7, 11) is 3.00. The van der Waals surface area contributed by atoms with Gasteiger partial charge in [0, 0.05) is 47.5 Å². The minimum Gasteiger partial charge on any atom is 0 e. The van der Waals surface area contributed by atoms with Gasteiger partial charge in [-0.25, -0.2) is 12.2 Å². The van der Waals surface area contributed by atoms with Crippen LogP contribution < -0.4 is 0 Å². The summed E-state index contributed by atoms with van der Waals surface area (Å²) in [5, 5.41) is 21.0. The molecule has 0 bridgehead atoms. The molecule has 97 valence electrons. The summed E-state index contributed by atoms with van der Waals surface area (Å²) in [6.45, 7) is 0. The van der Waals surface area contributed by atoms with Crippen molar-refractivity contribution in [3.8, 4) is 0 Å². The standard InChI is InChI=1S/C5H5.3CH4O.F3Ge.Zr/c1-2-4-5-3-1;3*1-2;1-4(2)3;/h1-3H,4H2;3*2H,1H3;;/q-1;;;;;. The Hall–Kier alpha value is 0.576. The SMILES string of the molecule is CO.CO.CO.[C-]1=CC=CC1.[F][Ge]([F])[F].[Zr]. The molecule has 1 aliphatic carbocycles. The van der Waals surface area contributed by atoms with Gasteiger partial charge in [0.25, 0.3) is 0 Å². The number of aliphatic hydroxyl groups excluding tert-OH is 3. The topological polar surface area (TPSA) is 60.7 Å². The molecule has 8 heteroatoms. The van der Waals surface area contributed by atoms with E-state index >= 15 is 0 Å². The molecule has 1 radical (unpaired) electrons. The van der Waals surface area contributed by atoms with Crippen molar-refractivity contribution < 1.29 is 52.0 Å². The fraction of sp³-hybridized carbons (Fsp3) is 0.500. The average Bonchev–Trinajstić information content (AvgIpc) is 2.83. The van der Waals surface area contributed by atoms with Crippen LogP contribution in [0.5, 0.6) is 0 Å². The average molecular weight is 382 g/mol. The zero-order chi connectivity index (χ0) is 13.1. The van der Waals surface area contributed by atoms with Crippen molar-refractivity contribution >= 4 is 15.7 Å². The second-order valence-corrected chi connectivity index (χ2v) is 2.12. The fourth-order valence-electron chi connectivity index (χ4n) is 0.340. The van der Waals surface area contributed by atoms with Gasteiger partial charge < -0.3 is 15.3 Å². The predicted octanol–water partition coefficient (Wildman–Crippen LogP) is 1.01. The van der Waals surface area contributed by atoms with Crippen molar-refractivity contribution in [2.75, 3.05) is 21.3 Å². The Bertz CT molecular complexity index is 114. The molecule has 0 saturated carbocycles. The summed E-state index contributed by atoms with van der Waals surface area (Å²) < 4.78 is 29.5. The Morgan fingerprint density at radius 1 is 1.00 bits per heavy atom. The quantitative estimate of drug-likeness (QED) is 0.433. The van der Waals surface area contributed by atoms with E-state index < -0.39 is 15.7 Å². The molecule has 0 unspecified atom stereocenters. The van der Waals surface area contributed by atoms with E-state index in [1.807, 2.05) is 12.2 Å². The smallest absolute Gasteiger partial charge is 0 e. The number of hydrogen-bond donors (Lipinski definition) is 3. The molecule has 3 N–H and O–H groups in total. The van der Waals surface area contributed by atoms with Gasteiger partial charge in [0.15, 0.2) is 0 Å². The Kier molecular flexibility index (Phi) is 84.4. The van der Waals surface area contributed by atoms with Gasteiger partial charge in [0.1, 0.15) is 0 Å². The van der Waals surface area contributed by atoms with Crippen molar-refractivity contribution in [2.45, 2.75) is 6.42 Å². The molecular formula is C8H17F3GeO3Zr-. The molecule has 0 aromatic rings. The number of aliphatic hydroxyl groups is 3. The molecule has 0 amide bonds. The first-order chi connectivity index (χ1) is 7.23. The van der Waals surface area contributed by atoms with Crippen LogP contribution >= 0.6 is 0 Å². The summed E-state index contributed by atoms with van der Waals surface area (Å²) in [5.74, 6) is 0. The minimum atomic E-state index is -4.83. The minimum absolute atomic E-state index is 0. The fourth-order valence-corrected chi connectivity index (χ4v) is 0.340. The summed E-state index contributed by atoms with van der Waals surface area (Å²) in [6.07, 6.45) is 10.0. The van der Waals surface area contributed by atoms with E-state index in [0.717, 1.165) is 27.8 Å². The molecule has 0 heterocycles. The van der Waals surface area contributed by atoms with Crippen LogP contribution in [0.15, 0.2) is 18.2 Å². The van der Waals surface area contributed by atoms with E-state index in [0.29, 0.717) is 0 Å². The monoisotopic (exact) mass is 382 g/mol. The van der Waals surface area contributed by atoms with Gasteiger partial charge in [-0.15, -0.1) is 6.42 Å². The van der Waals surface area contributed by atoms with Gasteiger partial charge in [0.05, 0.1) is 0 Å². The van der Waals surface area contributed by atoms with Crippen LogP contribution in [0, 0.1) is 6.08 Å². The molecule has 3 nitrogen and oxygen atoms in total. The van der Waals surface area contributed by atoms with Gasteiger partial charge in [0.2, 0.25) is 0 Å². The third kappa shape index (κ3) is 86.4. The number of allylic oxidation sites excluding steroid dienone is 4. The van der Waals surface area contributed by atoms with Gasteiger partial charge in [-0.05, 0) is 0 Å². The summed E-state index contributed by atoms with van der Waals surface area (Å²) >= 11 is -4.83. The Labute approximate surface area is 119 Å². The molecule has 0 aromatic heterocycles. The predicted molar refractivity (Wildman–Crippen MR) is 55.1 cm³/mol. The molecule has 0 aliphatic heterocycles. The molecular weight excluding hydrogens is 365 g/mol. The maximum Gasteiger partial charge on any atom is 0 e. The van der Waals surface area contributed by atoms with Gasteiger partial charge in [-0.3, -0.25) is 6.08 Å². The van der Waals surface area contributed by atoms with E-state index in [1.54, 1.807) is 0 Å². The van der Waals surface area contributed by atoms with Crippen LogP contribution in [0.1, 0.15) is 6.42 Å². The number of halogens is 3.